The highest BCUT2D eigenvalue weighted by Gasteiger charge is 2.26. The first-order valence-electron chi connectivity index (χ1n) is 8.59. The zero-order valence-electron chi connectivity index (χ0n) is 15.0. The predicted octanol–water partition coefficient (Wildman–Crippen LogP) is 1.47. The predicted molar refractivity (Wildman–Crippen MR) is 90.0 cm³/mol. The average molecular weight is 357 g/mol. The molecule has 1 aromatic carbocycles. The second-order valence-corrected chi connectivity index (χ2v) is 6.92. The maximum absolute atomic E-state index is 12.3. The fourth-order valence-corrected chi connectivity index (χ4v) is 3.57. The monoisotopic (exact) mass is 357 g/mol. The first-order valence-corrected chi connectivity index (χ1v) is 8.59. The Hall–Kier alpha value is -1.89. The fraction of sp³-hybridized carbons (Fsp3) is 0.611. The summed E-state index contributed by atoms with van der Waals surface area (Å²) in [6, 6.07) is 4.65. The first kappa shape index (κ1) is 19.4. The Balaban J connectivity index is 1.86. The molecule has 2 atom stereocenters. The largest absolute Gasteiger partial charge is 0.493 e. The van der Waals surface area contributed by atoms with E-state index in [4.69, 9.17) is 4.74 Å². The number of likely N-dealkylation sites (tertiary alicyclic amines) is 1. The van der Waals surface area contributed by atoms with Crippen LogP contribution in [0.4, 0.5) is 8.78 Å². The Labute approximate surface area is 147 Å². The van der Waals surface area contributed by atoms with Gasteiger partial charge in [-0.3, -0.25) is 4.79 Å². The lowest BCUT2D eigenvalue weighted by Crippen LogP contribution is -3.15. The number of hydrogen-bond donors (Lipinski definition) is 2. The molecule has 0 aromatic heterocycles. The van der Waals surface area contributed by atoms with Gasteiger partial charge in [0.05, 0.1) is 20.2 Å². The van der Waals surface area contributed by atoms with Gasteiger partial charge in [-0.2, -0.15) is 8.78 Å². The molecular formula is C18H27F2N2O3+. The fourth-order valence-electron chi connectivity index (χ4n) is 3.57. The van der Waals surface area contributed by atoms with E-state index in [1.54, 1.807) is 12.1 Å². The van der Waals surface area contributed by atoms with Crippen LogP contribution in [0, 0.1) is 11.8 Å². The molecule has 0 spiro atoms. The molecule has 7 heteroatoms. The molecule has 2 N–H and O–H groups in total. The van der Waals surface area contributed by atoms with Gasteiger partial charge in [-0.15, -0.1) is 0 Å². The van der Waals surface area contributed by atoms with Crippen LogP contribution in [0.3, 0.4) is 0 Å². The van der Waals surface area contributed by atoms with Gasteiger partial charge in [-0.25, -0.2) is 0 Å². The first-order chi connectivity index (χ1) is 11.9. The normalized spacial score (nSPS) is 23.4. The molecule has 1 amide bonds. The molecule has 0 saturated carbocycles. The minimum absolute atomic E-state index is 0.0110. The summed E-state index contributed by atoms with van der Waals surface area (Å²) in [6.45, 7) is 4.36. The molecule has 0 radical (unpaired) electrons. The number of carbonyl (C=O) groups excluding carboxylic acids is 1. The Morgan fingerprint density at radius 2 is 1.96 bits per heavy atom. The minimum Gasteiger partial charge on any atom is -0.493 e. The molecule has 1 saturated heterocycles. The number of rotatable bonds is 7. The van der Waals surface area contributed by atoms with Crippen LogP contribution in [0.15, 0.2) is 18.2 Å². The zero-order valence-corrected chi connectivity index (χ0v) is 15.0. The topological polar surface area (TPSA) is 52.0 Å². The SMILES string of the molecule is COc1cc(CNC(=O)C[NH+]2C[C@H](C)C[C@@H](C)C2)ccc1OC(F)F. The lowest BCUT2D eigenvalue weighted by atomic mass is 9.92. The molecule has 0 unspecified atom stereocenters. The summed E-state index contributed by atoms with van der Waals surface area (Å²) in [5, 5.41) is 2.88. The van der Waals surface area contributed by atoms with Gasteiger partial charge in [-0.05, 0) is 24.1 Å². The number of quaternary nitrogens is 1. The van der Waals surface area contributed by atoms with Crippen molar-refractivity contribution in [1.82, 2.24) is 5.32 Å². The summed E-state index contributed by atoms with van der Waals surface area (Å²) in [5.74, 6) is 1.46. The number of methoxy groups -OCH3 is 1. The number of halogens is 2. The Kier molecular flexibility index (Phi) is 6.99. The molecule has 1 aliphatic heterocycles. The van der Waals surface area contributed by atoms with E-state index < -0.39 is 6.61 Å². The van der Waals surface area contributed by atoms with Gasteiger partial charge in [0, 0.05) is 18.4 Å². The van der Waals surface area contributed by atoms with E-state index in [0.717, 1.165) is 18.7 Å². The van der Waals surface area contributed by atoms with E-state index in [1.165, 1.54) is 24.5 Å². The van der Waals surface area contributed by atoms with Crippen molar-refractivity contribution >= 4 is 5.91 Å². The van der Waals surface area contributed by atoms with E-state index in [-0.39, 0.29) is 17.4 Å². The lowest BCUT2D eigenvalue weighted by Gasteiger charge is -2.31. The van der Waals surface area contributed by atoms with Crippen molar-refractivity contribution in [1.29, 1.82) is 0 Å². The summed E-state index contributed by atoms with van der Waals surface area (Å²) >= 11 is 0. The van der Waals surface area contributed by atoms with Crippen LogP contribution >= 0.6 is 0 Å². The highest BCUT2D eigenvalue weighted by atomic mass is 19.3. The van der Waals surface area contributed by atoms with Crippen molar-refractivity contribution < 1.29 is 27.9 Å². The third kappa shape index (κ3) is 6.16. The number of nitrogens with one attached hydrogen (secondary N) is 2. The molecule has 1 aliphatic rings. The summed E-state index contributed by atoms with van der Waals surface area (Å²) in [4.78, 5) is 13.5. The number of amides is 1. The summed E-state index contributed by atoms with van der Waals surface area (Å²) < 4.78 is 34.1. The van der Waals surface area contributed by atoms with Crippen LogP contribution in [0.1, 0.15) is 25.8 Å². The standard InChI is InChI=1S/C18H26F2N2O3/c1-12-6-13(2)10-22(9-12)11-17(23)21-8-14-4-5-15(25-18(19)20)16(7-14)24-3/h4-5,7,12-13,18H,6,8-11H2,1-3H3,(H,21,23)/p+1/t12-,13-/m1/s1. The van der Waals surface area contributed by atoms with E-state index in [9.17, 15) is 13.6 Å². The molecule has 0 aliphatic carbocycles. The lowest BCUT2D eigenvalue weighted by molar-refractivity contribution is -0.904. The Morgan fingerprint density at radius 3 is 2.56 bits per heavy atom. The molecule has 0 bridgehead atoms. The molecule has 1 heterocycles. The number of benzene rings is 1. The number of carbonyl (C=O) groups is 1. The van der Waals surface area contributed by atoms with Gasteiger partial charge in [0.2, 0.25) is 0 Å². The van der Waals surface area contributed by atoms with Crippen molar-refractivity contribution in [2.24, 2.45) is 11.8 Å². The van der Waals surface area contributed by atoms with Crippen molar-refractivity contribution in [3.05, 3.63) is 23.8 Å². The van der Waals surface area contributed by atoms with E-state index >= 15 is 0 Å². The third-order valence-electron chi connectivity index (χ3n) is 4.42. The Morgan fingerprint density at radius 1 is 1.28 bits per heavy atom. The third-order valence-corrected chi connectivity index (χ3v) is 4.42. The van der Waals surface area contributed by atoms with Crippen molar-refractivity contribution in [3.8, 4) is 11.5 Å². The quantitative estimate of drug-likeness (QED) is 0.777. The van der Waals surface area contributed by atoms with Crippen LogP contribution in [0.2, 0.25) is 0 Å². The molecule has 5 nitrogen and oxygen atoms in total. The van der Waals surface area contributed by atoms with Crippen LogP contribution < -0.4 is 19.7 Å². The van der Waals surface area contributed by atoms with Crippen molar-refractivity contribution in [2.45, 2.75) is 33.4 Å². The van der Waals surface area contributed by atoms with E-state index in [1.807, 2.05) is 0 Å². The molecule has 1 aromatic rings. The number of alkyl halides is 2. The minimum atomic E-state index is -2.91. The summed E-state index contributed by atoms with van der Waals surface area (Å²) in [6.07, 6.45) is 1.22. The van der Waals surface area contributed by atoms with E-state index in [2.05, 4.69) is 23.9 Å². The van der Waals surface area contributed by atoms with Gasteiger partial charge in [0.15, 0.2) is 18.0 Å². The van der Waals surface area contributed by atoms with Crippen LogP contribution in [-0.4, -0.2) is 39.3 Å². The number of piperidine rings is 1. The number of ether oxygens (including phenoxy) is 2. The van der Waals surface area contributed by atoms with Gasteiger partial charge < -0.3 is 19.7 Å². The number of hydrogen-bond acceptors (Lipinski definition) is 3. The molecular weight excluding hydrogens is 330 g/mol. The molecule has 25 heavy (non-hydrogen) atoms. The van der Waals surface area contributed by atoms with Gasteiger partial charge >= 0.3 is 6.61 Å². The second-order valence-electron chi connectivity index (χ2n) is 6.92. The Bertz CT molecular complexity index is 573. The summed E-state index contributed by atoms with van der Waals surface area (Å²) in [7, 11) is 1.39. The smallest absolute Gasteiger partial charge is 0.387 e. The van der Waals surface area contributed by atoms with Gasteiger partial charge in [0.1, 0.15) is 0 Å². The zero-order chi connectivity index (χ0) is 18.4. The van der Waals surface area contributed by atoms with Gasteiger partial charge in [-0.1, -0.05) is 19.9 Å². The highest BCUT2D eigenvalue weighted by molar-refractivity contribution is 5.76. The second kappa shape index (κ2) is 8.99. The van der Waals surface area contributed by atoms with Crippen LogP contribution in [-0.2, 0) is 11.3 Å². The highest BCUT2D eigenvalue weighted by Crippen LogP contribution is 2.29. The molecule has 1 fully saturated rings. The summed E-state index contributed by atoms with van der Waals surface area (Å²) in [5.41, 5.74) is 0.766. The van der Waals surface area contributed by atoms with E-state index in [0.29, 0.717) is 24.9 Å². The van der Waals surface area contributed by atoms with Gasteiger partial charge in [0.25, 0.3) is 5.91 Å². The maximum Gasteiger partial charge on any atom is 0.387 e. The maximum atomic E-state index is 12.3. The molecule has 2 rings (SSSR count). The van der Waals surface area contributed by atoms with Crippen LogP contribution in [0.5, 0.6) is 11.5 Å². The van der Waals surface area contributed by atoms with Crippen molar-refractivity contribution in [2.75, 3.05) is 26.7 Å². The van der Waals surface area contributed by atoms with Crippen molar-refractivity contribution in [3.63, 3.8) is 0 Å². The average Bonchev–Trinajstić information content (AvgIpc) is 2.52. The molecule has 140 valence electrons. The van der Waals surface area contributed by atoms with Crippen LogP contribution in [0.25, 0.3) is 0 Å².